The summed E-state index contributed by atoms with van der Waals surface area (Å²) < 4.78 is 6.38. The molecule has 0 radical (unpaired) electrons. The van der Waals surface area contributed by atoms with Crippen LogP contribution in [0.3, 0.4) is 0 Å². The Kier molecular flexibility index (Phi) is 6.39. The second-order valence-corrected chi connectivity index (χ2v) is 7.27. The normalized spacial score (nSPS) is 10.9. The Labute approximate surface area is 171 Å². The predicted octanol–water partition coefficient (Wildman–Crippen LogP) is 4.59. The van der Waals surface area contributed by atoms with Crippen LogP contribution in [0.5, 0.6) is 5.75 Å². The lowest BCUT2D eigenvalue weighted by Crippen LogP contribution is -2.31. The summed E-state index contributed by atoms with van der Waals surface area (Å²) in [5.74, 6) is -0.0397. The van der Waals surface area contributed by atoms with E-state index in [-0.39, 0.29) is 0 Å². The Balaban J connectivity index is 1.65. The third kappa shape index (κ3) is 4.82. The Morgan fingerprint density at radius 3 is 2.70 bits per heavy atom. The summed E-state index contributed by atoms with van der Waals surface area (Å²) in [5, 5.41) is 8.70. The highest BCUT2D eigenvalue weighted by Gasteiger charge is 2.18. The van der Waals surface area contributed by atoms with Crippen LogP contribution in [0.15, 0.2) is 53.6 Å². The Hall–Kier alpha value is -2.48. The second kappa shape index (κ2) is 8.94. The van der Waals surface area contributed by atoms with E-state index in [1.165, 1.54) is 11.3 Å². The number of carbonyl (C=O) groups is 1. The molecule has 27 heavy (non-hydrogen) atoms. The van der Waals surface area contributed by atoms with Crippen molar-refractivity contribution < 1.29 is 9.53 Å². The van der Waals surface area contributed by atoms with Crippen LogP contribution in [-0.4, -0.2) is 23.8 Å². The number of halogens is 1. The van der Waals surface area contributed by atoms with Crippen molar-refractivity contribution >= 4 is 62.5 Å². The van der Waals surface area contributed by atoms with Crippen LogP contribution in [-0.2, 0) is 0 Å². The number of fused-ring (bicyclic) bond motifs is 1. The molecular formula is C19H16ClN3O2S2. The van der Waals surface area contributed by atoms with E-state index >= 15 is 0 Å². The first-order valence-corrected chi connectivity index (χ1v) is 9.75. The Morgan fingerprint density at radius 1 is 1.26 bits per heavy atom. The lowest BCUT2D eigenvalue weighted by Gasteiger charge is -2.04. The summed E-state index contributed by atoms with van der Waals surface area (Å²) >= 11 is 12.7. The summed E-state index contributed by atoms with van der Waals surface area (Å²) in [6.45, 7) is 2.68. The highest BCUT2D eigenvalue weighted by atomic mass is 35.5. The number of hydrazone groups is 1. The van der Waals surface area contributed by atoms with Crippen molar-refractivity contribution in [3.8, 4) is 5.75 Å². The largest absolute Gasteiger partial charge is 0.422 e. The number of carbonyl (C=O) groups excluding carboxylic acids is 1. The second-order valence-electron chi connectivity index (χ2n) is 5.43. The number of esters is 1. The lowest BCUT2D eigenvalue weighted by atomic mass is 10.2. The molecule has 0 amide bonds. The van der Waals surface area contributed by atoms with Gasteiger partial charge in [0.1, 0.15) is 10.6 Å². The molecule has 5 nitrogen and oxygen atoms in total. The van der Waals surface area contributed by atoms with Crippen molar-refractivity contribution in [2.24, 2.45) is 5.10 Å². The SMILES string of the molecule is CCNC(=S)NN=Cc1ccc(OC(=O)c2sc3ccccc3c2Cl)cc1. The standard InChI is InChI=1S/C19H16ClN3O2S2/c1-2-21-19(26)23-22-11-12-7-9-13(10-8-12)25-18(24)17-16(20)14-5-3-4-6-15(14)27-17/h3-11H,2H2,1H3,(H2,21,23,26). The molecule has 0 unspecified atom stereocenters. The van der Waals surface area contributed by atoms with Crippen LogP contribution in [0, 0.1) is 0 Å². The van der Waals surface area contributed by atoms with E-state index < -0.39 is 5.97 Å². The van der Waals surface area contributed by atoms with E-state index in [1.54, 1.807) is 30.5 Å². The van der Waals surface area contributed by atoms with Gasteiger partial charge in [0.05, 0.1) is 11.2 Å². The number of thiocarbonyl (C=S) groups is 1. The first-order chi connectivity index (χ1) is 13.1. The first kappa shape index (κ1) is 19.3. The number of ether oxygens (including phenoxy) is 1. The fourth-order valence-electron chi connectivity index (χ4n) is 2.29. The van der Waals surface area contributed by atoms with Crippen molar-refractivity contribution in [3.63, 3.8) is 0 Å². The molecule has 0 spiro atoms. The number of nitrogens with one attached hydrogen (secondary N) is 2. The first-order valence-electron chi connectivity index (χ1n) is 8.14. The summed E-state index contributed by atoms with van der Waals surface area (Å²) in [6.07, 6.45) is 1.62. The minimum absolute atomic E-state index is 0.393. The molecule has 0 aliphatic carbocycles. The van der Waals surface area contributed by atoms with E-state index in [0.29, 0.717) is 20.8 Å². The average Bonchev–Trinajstić information content (AvgIpc) is 3.01. The molecular weight excluding hydrogens is 402 g/mol. The molecule has 138 valence electrons. The smallest absolute Gasteiger partial charge is 0.355 e. The number of benzene rings is 2. The van der Waals surface area contributed by atoms with Crippen LogP contribution in [0.1, 0.15) is 22.2 Å². The molecule has 0 atom stereocenters. The van der Waals surface area contributed by atoms with Gasteiger partial charge in [0.2, 0.25) is 0 Å². The van der Waals surface area contributed by atoms with Gasteiger partial charge in [0.15, 0.2) is 5.11 Å². The molecule has 1 aromatic heterocycles. The molecule has 2 aromatic carbocycles. The minimum atomic E-state index is -0.472. The molecule has 0 aliphatic heterocycles. The molecule has 0 saturated carbocycles. The maximum atomic E-state index is 12.4. The van der Waals surface area contributed by atoms with Gasteiger partial charge in [-0.05, 0) is 55.0 Å². The Bertz CT molecular complexity index is 1000. The summed E-state index contributed by atoms with van der Waals surface area (Å²) in [5.41, 5.74) is 3.55. The van der Waals surface area contributed by atoms with Gasteiger partial charge >= 0.3 is 5.97 Å². The molecule has 1 heterocycles. The summed E-state index contributed by atoms with van der Waals surface area (Å²) in [6, 6.07) is 14.6. The van der Waals surface area contributed by atoms with Crippen molar-refractivity contribution in [3.05, 3.63) is 64.0 Å². The molecule has 8 heteroatoms. The number of rotatable bonds is 5. The highest BCUT2D eigenvalue weighted by Crippen LogP contribution is 2.35. The summed E-state index contributed by atoms with van der Waals surface area (Å²) in [4.78, 5) is 12.8. The zero-order valence-electron chi connectivity index (χ0n) is 14.4. The van der Waals surface area contributed by atoms with Gasteiger partial charge in [0, 0.05) is 16.6 Å². The molecule has 0 bridgehead atoms. The lowest BCUT2D eigenvalue weighted by molar-refractivity contribution is 0.0740. The number of hydrogen-bond donors (Lipinski definition) is 2. The zero-order chi connectivity index (χ0) is 19.2. The van der Waals surface area contributed by atoms with E-state index in [9.17, 15) is 4.79 Å². The highest BCUT2D eigenvalue weighted by molar-refractivity contribution is 7.80. The predicted molar refractivity (Wildman–Crippen MR) is 115 cm³/mol. The number of hydrogen-bond acceptors (Lipinski definition) is 5. The van der Waals surface area contributed by atoms with Gasteiger partial charge in [0.25, 0.3) is 0 Å². The monoisotopic (exact) mass is 417 g/mol. The van der Waals surface area contributed by atoms with Crippen LogP contribution in [0.25, 0.3) is 10.1 Å². The van der Waals surface area contributed by atoms with Crippen LogP contribution in [0.2, 0.25) is 5.02 Å². The number of nitrogens with zero attached hydrogens (tertiary/aromatic N) is 1. The van der Waals surface area contributed by atoms with Crippen LogP contribution < -0.4 is 15.5 Å². The zero-order valence-corrected chi connectivity index (χ0v) is 16.8. The third-order valence-corrected chi connectivity index (χ3v) is 5.42. The van der Waals surface area contributed by atoms with Gasteiger partial charge in [-0.2, -0.15) is 5.10 Å². The van der Waals surface area contributed by atoms with Crippen molar-refractivity contribution in [1.82, 2.24) is 10.7 Å². The van der Waals surface area contributed by atoms with Crippen molar-refractivity contribution in [2.75, 3.05) is 6.54 Å². The van der Waals surface area contributed by atoms with Crippen LogP contribution >= 0.6 is 35.2 Å². The molecule has 0 saturated heterocycles. The Morgan fingerprint density at radius 2 is 2.00 bits per heavy atom. The van der Waals surface area contributed by atoms with E-state index in [1.807, 2.05) is 31.2 Å². The summed E-state index contributed by atoms with van der Waals surface area (Å²) in [7, 11) is 0. The third-order valence-electron chi connectivity index (χ3n) is 3.53. The fourth-order valence-corrected chi connectivity index (χ4v) is 3.87. The van der Waals surface area contributed by atoms with Crippen LogP contribution in [0.4, 0.5) is 0 Å². The quantitative estimate of drug-likeness (QED) is 0.209. The molecule has 2 N–H and O–H groups in total. The van der Waals surface area contributed by atoms with E-state index in [2.05, 4.69) is 15.8 Å². The number of thiophene rings is 1. The fraction of sp³-hybridized carbons (Fsp3) is 0.105. The van der Waals surface area contributed by atoms with Gasteiger partial charge in [-0.25, -0.2) is 4.79 Å². The minimum Gasteiger partial charge on any atom is -0.422 e. The molecule has 0 fully saturated rings. The maximum absolute atomic E-state index is 12.4. The van der Waals surface area contributed by atoms with E-state index in [4.69, 9.17) is 28.6 Å². The maximum Gasteiger partial charge on any atom is 0.355 e. The average molecular weight is 418 g/mol. The molecule has 3 rings (SSSR count). The van der Waals surface area contributed by atoms with Gasteiger partial charge < -0.3 is 10.1 Å². The van der Waals surface area contributed by atoms with Gasteiger partial charge in [-0.15, -0.1) is 11.3 Å². The van der Waals surface area contributed by atoms with Crippen molar-refractivity contribution in [1.29, 1.82) is 0 Å². The topological polar surface area (TPSA) is 62.7 Å². The van der Waals surface area contributed by atoms with E-state index in [0.717, 1.165) is 22.2 Å². The molecule has 0 aliphatic rings. The van der Waals surface area contributed by atoms with Crippen molar-refractivity contribution in [2.45, 2.75) is 6.92 Å². The van der Waals surface area contributed by atoms with Gasteiger partial charge in [-0.3, -0.25) is 5.43 Å². The molecule has 3 aromatic rings. The van der Waals surface area contributed by atoms with Gasteiger partial charge in [-0.1, -0.05) is 29.8 Å².